The Balaban J connectivity index is 1.69. The molecule has 4 atom stereocenters. The molecule has 0 aromatic rings. The molecule has 2 aliphatic carbocycles. The van der Waals surface area contributed by atoms with Gasteiger partial charge < -0.3 is 5.32 Å². The molecule has 1 N–H and O–H groups in total. The number of hydrogen-bond donors (Lipinski definition) is 1. The van der Waals surface area contributed by atoms with E-state index in [9.17, 15) is 0 Å². The van der Waals surface area contributed by atoms with Gasteiger partial charge in [0.2, 0.25) is 0 Å². The van der Waals surface area contributed by atoms with Crippen molar-refractivity contribution in [3.05, 3.63) is 0 Å². The van der Waals surface area contributed by atoms with Gasteiger partial charge in [-0.25, -0.2) is 0 Å². The molecule has 1 nitrogen and oxygen atoms in total. The van der Waals surface area contributed by atoms with Crippen molar-refractivity contribution in [2.75, 3.05) is 6.54 Å². The molecule has 2 saturated carbocycles. The zero-order valence-electron chi connectivity index (χ0n) is 11.2. The van der Waals surface area contributed by atoms with E-state index in [1.807, 2.05) is 0 Å². The third kappa shape index (κ3) is 3.00. The summed E-state index contributed by atoms with van der Waals surface area (Å²) < 4.78 is 0. The molecular formula is C15H29N. The lowest BCUT2D eigenvalue weighted by Crippen LogP contribution is -2.29. The van der Waals surface area contributed by atoms with E-state index < -0.39 is 0 Å². The van der Waals surface area contributed by atoms with Crippen LogP contribution in [0.5, 0.6) is 0 Å². The first-order chi connectivity index (χ1) is 7.83. The van der Waals surface area contributed by atoms with E-state index in [4.69, 9.17) is 0 Å². The van der Waals surface area contributed by atoms with E-state index in [2.05, 4.69) is 19.2 Å². The van der Waals surface area contributed by atoms with Gasteiger partial charge in [0.15, 0.2) is 0 Å². The first kappa shape index (κ1) is 12.4. The lowest BCUT2D eigenvalue weighted by atomic mass is 9.84. The van der Waals surface area contributed by atoms with Crippen molar-refractivity contribution in [2.45, 2.75) is 71.3 Å². The Morgan fingerprint density at radius 2 is 2.00 bits per heavy atom. The van der Waals surface area contributed by atoms with Crippen LogP contribution in [0.4, 0.5) is 0 Å². The van der Waals surface area contributed by atoms with E-state index >= 15 is 0 Å². The van der Waals surface area contributed by atoms with Crippen LogP contribution in [0.1, 0.15) is 65.2 Å². The molecular weight excluding hydrogens is 194 g/mol. The van der Waals surface area contributed by atoms with Crippen LogP contribution in [0.15, 0.2) is 0 Å². The standard InChI is InChI=1S/C15H29N/c1-3-5-15(16-4-2)9-8-14-11-12-6-7-13(14)10-12/h12-16H,3-11H2,1-2H3. The quantitative estimate of drug-likeness (QED) is 0.688. The molecule has 0 spiro atoms. The Morgan fingerprint density at radius 3 is 2.56 bits per heavy atom. The lowest BCUT2D eigenvalue weighted by molar-refractivity contribution is 0.289. The highest BCUT2D eigenvalue weighted by Crippen LogP contribution is 2.49. The van der Waals surface area contributed by atoms with Gasteiger partial charge in [-0.2, -0.15) is 0 Å². The van der Waals surface area contributed by atoms with E-state index in [1.165, 1.54) is 25.7 Å². The first-order valence-corrected chi connectivity index (χ1v) is 7.56. The average Bonchev–Trinajstić information content (AvgIpc) is 2.88. The lowest BCUT2D eigenvalue weighted by Gasteiger charge is -2.24. The summed E-state index contributed by atoms with van der Waals surface area (Å²) in [5, 5.41) is 3.65. The van der Waals surface area contributed by atoms with Gasteiger partial charge in [-0.05, 0) is 62.8 Å². The second kappa shape index (κ2) is 6.05. The van der Waals surface area contributed by atoms with E-state index in [-0.39, 0.29) is 0 Å². The monoisotopic (exact) mass is 223 g/mol. The molecule has 2 fully saturated rings. The van der Waals surface area contributed by atoms with E-state index in [0.29, 0.717) is 0 Å². The third-order valence-corrected chi connectivity index (χ3v) is 4.90. The van der Waals surface area contributed by atoms with Crippen LogP contribution in [0.3, 0.4) is 0 Å². The number of fused-ring (bicyclic) bond motifs is 2. The van der Waals surface area contributed by atoms with Gasteiger partial charge in [-0.3, -0.25) is 0 Å². The van der Waals surface area contributed by atoms with Crippen molar-refractivity contribution >= 4 is 0 Å². The Hall–Kier alpha value is -0.0400. The summed E-state index contributed by atoms with van der Waals surface area (Å²) in [5.74, 6) is 3.34. The van der Waals surface area contributed by atoms with Crippen molar-refractivity contribution < 1.29 is 0 Å². The molecule has 94 valence electrons. The van der Waals surface area contributed by atoms with Gasteiger partial charge in [-0.15, -0.1) is 0 Å². The number of hydrogen-bond acceptors (Lipinski definition) is 1. The maximum Gasteiger partial charge on any atom is 0.00669 e. The van der Waals surface area contributed by atoms with Crippen molar-refractivity contribution in [3.8, 4) is 0 Å². The van der Waals surface area contributed by atoms with Crippen LogP contribution in [-0.4, -0.2) is 12.6 Å². The van der Waals surface area contributed by atoms with Gasteiger partial charge in [-0.1, -0.05) is 26.7 Å². The first-order valence-electron chi connectivity index (χ1n) is 7.56. The summed E-state index contributed by atoms with van der Waals surface area (Å²) in [7, 11) is 0. The maximum absolute atomic E-state index is 3.65. The summed E-state index contributed by atoms with van der Waals surface area (Å²) in [6.45, 7) is 5.68. The fourth-order valence-corrected chi connectivity index (χ4v) is 4.13. The summed E-state index contributed by atoms with van der Waals surface area (Å²) in [6, 6.07) is 0.800. The molecule has 2 rings (SSSR count). The van der Waals surface area contributed by atoms with Crippen molar-refractivity contribution in [3.63, 3.8) is 0 Å². The smallest absolute Gasteiger partial charge is 0.00669 e. The topological polar surface area (TPSA) is 12.0 Å². The predicted molar refractivity (Wildman–Crippen MR) is 70.5 cm³/mol. The summed E-state index contributed by atoms with van der Waals surface area (Å²) >= 11 is 0. The van der Waals surface area contributed by atoms with Crippen molar-refractivity contribution in [1.29, 1.82) is 0 Å². The molecule has 16 heavy (non-hydrogen) atoms. The number of nitrogens with one attached hydrogen (secondary N) is 1. The van der Waals surface area contributed by atoms with E-state index in [0.717, 1.165) is 30.3 Å². The van der Waals surface area contributed by atoms with Gasteiger partial charge in [0.05, 0.1) is 0 Å². The Kier molecular flexibility index (Phi) is 4.69. The van der Waals surface area contributed by atoms with E-state index in [1.54, 1.807) is 25.7 Å². The zero-order valence-corrected chi connectivity index (χ0v) is 11.2. The summed E-state index contributed by atoms with van der Waals surface area (Å²) in [4.78, 5) is 0. The molecule has 2 bridgehead atoms. The molecule has 2 aliphatic rings. The Labute approximate surface area is 101 Å². The zero-order chi connectivity index (χ0) is 11.4. The largest absolute Gasteiger partial charge is 0.314 e. The second-order valence-electron chi connectivity index (χ2n) is 6.06. The highest BCUT2D eigenvalue weighted by Gasteiger charge is 2.38. The average molecular weight is 223 g/mol. The van der Waals surface area contributed by atoms with Crippen LogP contribution in [0, 0.1) is 17.8 Å². The third-order valence-electron chi connectivity index (χ3n) is 4.90. The highest BCUT2D eigenvalue weighted by molar-refractivity contribution is 4.90. The maximum atomic E-state index is 3.65. The molecule has 0 aromatic heterocycles. The highest BCUT2D eigenvalue weighted by atomic mass is 14.9. The van der Waals surface area contributed by atoms with Crippen molar-refractivity contribution in [1.82, 2.24) is 5.32 Å². The van der Waals surface area contributed by atoms with Crippen molar-refractivity contribution in [2.24, 2.45) is 17.8 Å². The Morgan fingerprint density at radius 1 is 1.12 bits per heavy atom. The van der Waals surface area contributed by atoms with Gasteiger partial charge in [0.25, 0.3) is 0 Å². The SMILES string of the molecule is CCCC(CCC1CC2CCC1C2)NCC. The molecule has 0 saturated heterocycles. The molecule has 0 radical (unpaired) electrons. The second-order valence-corrected chi connectivity index (χ2v) is 6.06. The minimum atomic E-state index is 0.800. The molecule has 0 heterocycles. The van der Waals surface area contributed by atoms with Gasteiger partial charge in [0.1, 0.15) is 0 Å². The summed E-state index contributed by atoms with van der Waals surface area (Å²) in [5.41, 5.74) is 0. The van der Waals surface area contributed by atoms with Crippen LogP contribution >= 0.6 is 0 Å². The Bertz CT molecular complexity index is 196. The van der Waals surface area contributed by atoms with Crippen LogP contribution < -0.4 is 5.32 Å². The van der Waals surface area contributed by atoms with Gasteiger partial charge >= 0.3 is 0 Å². The minimum absolute atomic E-state index is 0.800. The normalized spacial score (nSPS) is 34.5. The van der Waals surface area contributed by atoms with Crippen LogP contribution in [-0.2, 0) is 0 Å². The summed E-state index contributed by atoms with van der Waals surface area (Å²) in [6.07, 6.45) is 11.9. The van der Waals surface area contributed by atoms with Crippen LogP contribution in [0.2, 0.25) is 0 Å². The molecule has 0 aromatic carbocycles. The molecule has 1 heteroatoms. The van der Waals surface area contributed by atoms with Gasteiger partial charge in [0, 0.05) is 6.04 Å². The predicted octanol–water partition coefficient (Wildman–Crippen LogP) is 3.98. The molecule has 0 aliphatic heterocycles. The molecule has 4 unspecified atom stereocenters. The minimum Gasteiger partial charge on any atom is -0.314 e. The fraction of sp³-hybridized carbons (Fsp3) is 1.00. The molecule has 0 amide bonds. The number of rotatable bonds is 7. The van der Waals surface area contributed by atoms with Crippen LogP contribution in [0.25, 0.3) is 0 Å². The fourth-order valence-electron chi connectivity index (χ4n) is 4.13.